The molecule has 0 aromatic heterocycles. The summed E-state index contributed by atoms with van der Waals surface area (Å²) in [5, 5.41) is 3.27. The molecule has 7 heteroatoms. The smallest absolute Gasteiger partial charge is 0.359 e. The molecule has 0 heterocycles. The quantitative estimate of drug-likeness (QED) is 0.438. The molecular formula is C28H29N3O3S. The van der Waals surface area contributed by atoms with Crippen LogP contribution in [0.3, 0.4) is 0 Å². The van der Waals surface area contributed by atoms with Crippen LogP contribution in [0.5, 0.6) is 5.75 Å². The maximum Gasteiger partial charge on any atom is 0.359 e. The topological polar surface area (TPSA) is 71.0 Å². The van der Waals surface area contributed by atoms with Gasteiger partial charge >= 0.3 is 6.03 Å². The Labute approximate surface area is 211 Å². The summed E-state index contributed by atoms with van der Waals surface area (Å²) >= 11 is 4.74. The first kappa shape index (κ1) is 24.5. The monoisotopic (exact) mass is 487 g/mol. The fourth-order valence-electron chi connectivity index (χ4n) is 4.99. The molecule has 6 nitrogen and oxygen atoms in total. The third-order valence-corrected chi connectivity index (χ3v) is 6.85. The van der Waals surface area contributed by atoms with Crippen LogP contribution in [-0.4, -0.2) is 25.1 Å². The van der Waals surface area contributed by atoms with E-state index in [0.29, 0.717) is 11.3 Å². The van der Waals surface area contributed by atoms with Crippen molar-refractivity contribution in [1.29, 1.82) is 0 Å². The van der Waals surface area contributed by atoms with E-state index in [1.54, 1.807) is 24.1 Å². The first-order valence-corrected chi connectivity index (χ1v) is 12.2. The molecule has 3 aromatic rings. The minimum Gasteiger partial charge on any atom is -0.496 e. The third kappa shape index (κ3) is 5.74. The standard InChI is InChI=1S/C28H29N3O3S/c1-34-25-15-9-8-14-24(25)27(32)29-26(20-10-4-2-5-11-20)21-16-18-23(19-17-21)31(28(33)30-35)22-12-6-3-7-13-22/h2-15,21,23,26H,16-19H2,1H3,(H,29,32). The Balaban J connectivity index is 1.53. The van der Waals surface area contributed by atoms with Crippen molar-refractivity contribution >= 4 is 30.1 Å². The van der Waals surface area contributed by atoms with Crippen molar-refractivity contribution in [2.45, 2.75) is 37.8 Å². The zero-order valence-electron chi connectivity index (χ0n) is 19.7. The summed E-state index contributed by atoms with van der Waals surface area (Å²) in [6, 6.07) is 26.3. The van der Waals surface area contributed by atoms with Gasteiger partial charge in [-0.1, -0.05) is 60.7 Å². The van der Waals surface area contributed by atoms with Gasteiger partial charge < -0.3 is 10.1 Å². The van der Waals surface area contributed by atoms with E-state index in [4.69, 9.17) is 17.2 Å². The van der Waals surface area contributed by atoms with Crippen LogP contribution < -0.4 is 15.0 Å². The summed E-state index contributed by atoms with van der Waals surface area (Å²) in [6.45, 7) is 0. The largest absolute Gasteiger partial charge is 0.496 e. The molecule has 1 fully saturated rings. The van der Waals surface area contributed by atoms with Gasteiger partial charge in [0.15, 0.2) is 0 Å². The lowest BCUT2D eigenvalue weighted by Crippen LogP contribution is -2.43. The van der Waals surface area contributed by atoms with Crippen molar-refractivity contribution < 1.29 is 14.3 Å². The molecule has 1 unspecified atom stereocenters. The number of rotatable bonds is 7. The highest BCUT2D eigenvalue weighted by atomic mass is 32.1. The van der Waals surface area contributed by atoms with Crippen LogP contribution >= 0.6 is 0 Å². The Hall–Kier alpha value is -3.58. The summed E-state index contributed by atoms with van der Waals surface area (Å²) in [6.07, 6.45) is 3.29. The number of amides is 3. The number of para-hydroxylation sites is 2. The van der Waals surface area contributed by atoms with Crippen LogP contribution in [-0.2, 0) is 12.4 Å². The van der Waals surface area contributed by atoms with Crippen LogP contribution in [0, 0.1) is 5.92 Å². The van der Waals surface area contributed by atoms with Crippen molar-refractivity contribution in [1.82, 2.24) is 5.32 Å². The summed E-state index contributed by atoms with van der Waals surface area (Å²) in [7, 11) is 1.57. The summed E-state index contributed by atoms with van der Waals surface area (Å²) in [5.41, 5.74) is 2.38. The lowest BCUT2D eigenvalue weighted by atomic mass is 9.78. The predicted octanol–water partition coefficient (Wildman–Crippen LogP) is 6.08. The van der Waals surface area contributed by atoms with E-state index < -0.39 is 6.03 Å². The van der Waals surface area contributed by atoms with E-state index in [9.17, 15) is 9.59 Å². The number of urea groups is 1. The average molecular weight is 488 g/mol. The third-order valence-electron chi connectivity index (χ3n) is 6.69. The first-order chi connectivity index (χ1) is 17.1. The molecule has 0 bridgehead atoms. The van der Waals surface area contributed by atoms with Crippen LogP contribution in [0.1, 0.15) is 47.6 Å². The van der Waals surface area contributed by atoms with Crippen LogP contribution in [0.4, 0.5) is 10.5 Å². The zero-order valence-corrected chi connectivity index (χ0v) is 20.5. The Morgan fingerprint density at radius 3 is 2.14 bits per heavy atom. The molecule has 0 spiro atoms. The van der Waals surface area contributed by atoms with E-state index in [0.717, 1.165) is 36.9 Å². The second kappa shape index (κ2) is 11.7. The highest BCUT2D eigenvalue weighted by Gasteiger charge is 2.34. The van der Waals surface area contributed by atoms with Gasteiger partial charge in [0.25, 0.3) is 5.91 Å². The number of ether oxygens (including phenoxy) is 1. The Kier molecular flexibility index (Phi) is 8.21. The second-order valence-electron chi connectivity index (χ2n) is 8.71. The van der Waals surface area contributed by atoms with Gasteiger partial charge in [-0.2, -0.15) is 0 Å². The van der Waals surface area contributed by atoms with Gasteiger partial charge in [0, 0.05) is 24.2 Å². The number of carbonyl (C=O) groups is 2. The number of benzene rings is 3. The van der Waals surface area contributed by atoms with Crippen molar-refractivity contribution in [2.75, 3.05) is 12.0 Å². The Morgan fingerprint density at radius 2 is 1.51 bits per heavy atom. The van der Waals surface area contributed by atoms with Crippen LogP contribution in [0.25, 0.3) is 0 Å². The van der Waals surface area contributed by atoms with Gasteiger partial charge in [-0.15, -0.1) is 4.36 Å². The molecule has 3 aromatic carbocycles. The average Bonchev–Trinajstić information content (AvgIpc) is 2.93. The summed E-state index contributed by atoms with van der Waals surface area (Å²) < 4.78 is 8.93. The lowest BCUT2D eigenvalue weighted by Gasteiger charge is -2.38. The minimum atomic E-state index is -0.404. The van der Waals surface area contributed by atoms with E-state index in [1.807, 2.05) is 60.7 Å². The van der Waals surface area contributed by atoms with E-state index >= 15 is 0 Å². The van der Waals surface area contributed by atoms with Crippen molar-refractivity contribution in [3.8, 4) is 5.75 Å². The van der Waals surface area contributed by atoms with Crippen LogP contribution in [0.2, 0.25) is 0 Å². The molecule has 35 heavy (non-hydrogen) atoms. The van der Waals surface area contributed by atoms with Crippen LogP contribution in [0.15, 0.2) is 89.3 Å². The van der Waals surface area contributed by atoms with E-state index in [2.05, 4.69) is 21.8 Å². The number of carbonyl (C=O) groups excluding carboxylic acids is 2. The fourth-order valence-corrected chi connectivity index (χ4v) is 5.08. The molecule has 0 saturated heterocycles. The second-order valence-corrected chi connectivity index (χ2v) is 8.89. The first-order valence-electron chi connectivity index (χ1n) is 11.8. The molecular weight excluding hydrogens is 458 g/mol. The molecule has 1 atom stereocenters. The molecule has 4 rings (SSSR count). The van der Waals surface area contributed by atoms with Crippen molar-refractivity contribution in [3.63, 3.8) is 0 Å². The van der Waals surface area contributed by atoms with E-state index in [-0.39, 0.29) is 23.9 Å². The zero-order chi connectivity index (χ0) is 24.6. The molecule has 1 saturated carbocycles. The summed E-state index contributed by atoms with van der Waals surface area (Å²) in [5.74, 6) is 0.607. The minimum absolute atomic E-state index is 0.00851. The Morgan fingerprint density at radius 1 is 0.914 bits per heavy atom. The normalized spacial score (nSPS) is 18.2. The molecule has 3 amide bonds. The molecule has 0 radical (unpaired) electrons. The fraction of sp³-hybridized carbons (Fsp3) is 0.286. The molecule has 0 aliphatic heterocycles. The lowest BCUT2D eigenvalue weighted by molar-refractivity contribution is 0.0908. The SMILES string of the molecule is COc1ccccc1C(=O)NC(c1ccccc1)C1CCC(N(C(=O)N=S)c2ccccc2)CC1. The van der Waals surface area contributed by atoms with Gasteiger partial charge in [0.1, 0.15) is 5.75 Å². The Bertz CT molecular complexity index is 1150. The summed E-state index contributed by atoms with van der Waals surface area (Å²) in [4.78, 5) is 27.6. The van der Waals surface area contributed by atoms with Gasteiger partial charge in [-0.25, -0.2) is 4.79 Å². The number of anilines is 1. The molecule has 180 valence electrons. The van der Waals surface area contributed by atoms with Crippen molar-refractivity contribution in [2.24, 2.45) is 10.3 Å². The van der Waals surface area contributed by atoms with Gasteiger partial charge in [0.2, 0.25) is 0 Å². The van der Waals surface area contributed by atoms with Gasteiger partial charge in [-0.05, 0) is 61.4 Å². The van der Waals surface area contributed by atoms with Crippen molar-refractivity contribution in [3.05, 3.63) is 96.1 Å². The molecule has 1 aliphatic carbocycles. The van der Waals surface area contributed by atoms with Gasteiger partial charge in [-0.3, -0.25) is 9.69 Å². The molecule has 1 aliphatic rings. The highest BCUT2D eigenvalue weighted by molar-refractivity contribution is 7.47. The number of nitrogens with one attached hydrogen (secondary N) is 1. The predicted molar refractivity (Wildman–Crippen MR) is 139 cm³/mol. The molecule has 1 N–H and O–H groups in total. The number of nitrogens with zero attached hydrogens (tertiary/aromatic N) is 2. The van der Waals surface area contributed by atoms with Gasteiger partial charge in [0.05, 0.1) is 18.7 Å². The number of methoxy groups -OCH3 is 1. The maximum absolute atomic E-state index is 13.3. The number of hydrogen-bond donors (Lipinski definition) is 1. The highest BCUT2D eigenvalue weighted by Crippen LogP contribution is 2.38. The van der Waals surface area contributed by atoms with E-state index in [1.165, 1.54) is 0 Å². The number of hydrogen-bond acceptors (Lipinski definition) is 4. The maximum atomic E-state index is 13.3.